The number of anilines is 1. The SMILES string of the molecule is Cn1c(CC2COc3ccc(Oc4ccnc5c4CCC(=O)N5)cc32)nc2ccc(C(F)(F)F)cc21. The summed E-state index contributed by atoms with van der Waals surface area (Å²) < 4.78 is 53.3. The van der Waals surface area contributed by atoms with Crippen molar-refractivity contribution in [3.63, 3.8) is 0 Å². The average molecular weight is 494 g/mol. The number of carbonyl (C=O) groups excluding carboxylic acids is 1. The Kier molecular flexibility index (Phi) is 5.13. The lowest BCUT2D eigenvalue weighted by Gasteiger charge is -2.19. The van der Waals surface area contributed by atoms with Crippen LogP contribution in [-0.4, -0.2) is 27.0 Å². The van der Waals surface area contributed by atoms with Gasteiger partial charge < -0.3 is 19.4 Å². The Labute approximate surface area is 203 Å². The smallest absolute Gasteiger partial charge is 0.416 e. The molecule has 4 heterocycles. The number of fused-ring (bicyclic) bond motifs is 3. The van der Waals surface area contributed by atoms with Gasteiger partial charge in [-0.25, -0.2) is 9.97 Å². The molecular formula is C26H21F3N4O3. The number of ether oxygens (including phenoxy) is 2. The highest BCUT2D eigenvalue weighted by Crippen LogP contribution is 2.41. The molecular weight excluding hydrogens is 473 g/mol. The first-order valence-electron chi connectivity index (χ1n) is 11.5. The zero-order chi connectivity index (χ0) is 25.0. The van der Waals surface area contributed by atoms with Gasteiger partial charge in [-0.1, -0.05) is 0 Å². The number of halogens is 3. The summed E-state index contributed by atoms with van der Waals surface area (Å²) in [5.74, 6) is 3.08. The summed E-state index contributed by atoms with van der Waals surface area (Å²) in [6.07, 6.45) is -1.40. The topological polar surface area (TPSA) is 78.3 Å². The van der Waals surface area contributed by atoms with Crippen LogP contribution in [0.1, 0.15) is 34.9 Å². The number of nitrogens with one attached hydrogen (secondary N) is 1. The number of rotatable bonds is 4. The zero-order valence-electron chi connectivity index (χ0n) is 19.2. The number of benzene rings is 2. The van der Waals surface area contributed by atoms with Crippen molar-refractivity contribution in [2.24, 2.45) is 7.05 Å². The highest BCUT2D eigenvalue weighted by molar-refractivity contribution is 5.93. The second kappa shape index (κ2) is 8.25. The molecule has 1 unspecified atom stereocenters. The van der Waals surface area contributed by atoms with Gasteiger partial charge in [0.15, 0.2) is 0 Å². The van der Waals surface area contributed by atoms with Crippen molar-refractivity contribution in [2.75, 3.05) is 11.9 Å². The van der Waals surface area contributed by atoms with Crippen LogP contribution in [0, 0.1) is 0 Å². The van der Waals surface area contributed by atoms with E-state index in [1.807, 2.05) is 18.2 Å². The molecule has 0 fully saturated rings. The summed E-state index contributed by atoms with van der Waals surface area (Å²) in [6.45, 7) is 0.437. The number of imidazole rings is 1. The number of amides is 1. The van der Waals surface area contributed by atoms with E-state index in [1.54, 1.807) is 23.9 Å². The van der Waals surface area contributed by atoms with Crippen LogP contribution < -0.4 is 14.8 Å². The van der Waals surface area contributed by atoms with Crippen molar-refractivity contribution in [3.8, 4) is 17.2 Å². The van der Waals surface area contributed by atoms with Crippen molar-refractivity contribution in [1.82, 2.24) is 14.5 Å². The highest BCUT2D eigenvalue weighted by Gasteiger charge is 2.32. The molecule has 0 aliphatic carbocycles. The molecule has 36 heavy (non-hydrogen) atoms. The van der Waals surface area contributed by atoms with Crippen molar-refractivity contribution >= 4 is 22.8 Å². The lowest BCUT2D eigenvalue weighted by molar-refractivity contribution is -0.137. The molecule has 10 heteroatoms. The minimum absolute atomic E-state index is 0.0354. The summed E-state index contributed by atoms with van der Waals surface area (Å²) in [6, 6.07) is 11.0. The molecule has 6 rings (SSSR count). The molecule has 0 radical (unpaired) electrons. The third kappa shape index (κ3) is 3.92. The highest BCUT2D eigenvalue weighted by atomic mass is 19.4. The maximum atomic E-state index is 13.2. The lowest BCUT2D eigenvalue weighted by Crippen LogP contribution is -2.20. The van der Waals surface area contributed by atoms with Gasteiger partial charge in [-0.05, 0) is 48.9 Å². The van der Waals surface area contributed by atoms with Crippen molar-refractivity contribution in [1.29, 1.82) is 0 Å². The Morgan fingerprint density at radius 1 is 1.17 bits per heavy atom. The maximum Gasteiger partial charge on any atom is 0.416 e. The molecule has 2 aliphatic rings. The zero-order valence-corrected chi connectivity index (χ0v) is 19.2. The quantitative estimate of drug-likeness (QED) is 0.412. The van der Waals surface area contributed by atoms with Crippen molar-refractivity contribution in [2.45, 2.75) is 31.4 Å². The number of alkyl halides is 3. The van der Waals surface area contributed by atoms with Crippen LogP contribution in [0.15, 0.2) is 48.7 Å². The summed E-state index contributed by atoms with van der Waals surface area (Å²) >= 11 is 0. The molecule has 7 nitrogen and oxygen atoms in total. The van der Waals surface area contributed by atoms with Crippen molar-refractivity contribution in [3.05, 3.63) is 71.2 Å². The van der Waals surface area contributed by atoms with Gasteiger partial charge in [-0.3, -0.25) is 4.79 Å². The van der Waals surface area contributed by atoms with E-state index < -0.39 is 11.7 Å². The molecule has 2 aliphatic heterocycles. The van der Waals surface area contributed by atoms with Crippen LogP contribution in [0.25, 0.3) is 11.0 Å². The number of hydrogen-bond acceptors (Lipinski definition) is 5. The monoisotopic (exact) mass is 494 g/mol. The molecule has 1 atom stereocenters. The van der Waals surface area contributed by atoms with Gasteiger partial charge >= 0.3 is 6.18 Å². The fourth-order valence-electron chi connectivity index (χ4n) is 4.79. The Balaban J connectivity index is 1.27. The normalized spacial score (nSPS) is 16.9. The predicted molar refractivity (Wildman–Crippen MR) is 125 cm³/mol. The van der Waals surface area contributed by atoms with Gasteiger partial charge in [-0.2, -0.15) is 13.2 Å². The van der Waals surface area contributed by atoms with Gasteiger partial charge in [0.1, 0.15) is 28.9 Å². The first kappa shape index (κ1) is 22.4. The number of pyridine rings is 1. The van der Waals surface area contributed by atoms with Crippen LogP contribution in [0.2, 0.25) is 0 Å². The van der Waals surface area contributed by atoms with Gasteiger partial charge in [0, 0.05) is 43.1 Å². The number of carbonyl (C=O) groups is 1. The largest absolute Gasteiger partial charge is 0.493 e. The molecule has 4 aromatic rings. The van der Waals surface area contributed by atoms with Crippen LogP contribution in [-0.2, 0) is 30.9 Å². The third-order valence-corrected chi connectivity index (χ3v) is 6.69. The van der Waals surface area contributed by atoms with Gasteiger partial charge in [0.25, 0.3) is 0 Å². The second-order valence-electron chi connectivity index (χ2n) is 8.99. The molecule has 0 spiro atoms. The number of aryl methyl sites for hydroxylation is 1. The van der Waals surface area contributed by atoms with Gasteiger partial charge in [-0.15, -0.1) is 0 Å². The standard InChI is InChI=1S/C26H21F3N4O3/c1-33-20-11-15(26(27,28)29)2-5-19(20)31-23(33)10-14-13-35-21-6-3-16(12-18(14)21)36-22-8-9-30-25-17(22)4-7-24(34)32-25/h2-3,5-6,8-9,11-12,14H,4,7,10,13H2,1H3,(H,30,32,34). The fraction of sp³-hybridized carbons (Fsp3) is 0.269. The van der Waals surface area contributed by atoms with Crippen LogP contribution in [0.4, 0.5) is 19.0 Å². The first-order chi connectivity index (χ1) is 17.3. The van der Waals surface area contributed by atoms with Gasteiger partial charge in [0.2, 0.25) is 5.91 Å². The summed E-state index contributed by atoms with van der Waals surface area (Å²) in [5.41, 5.74) is 2.06. The van der Waals surface area contributed by atoms with E-state index in [1.165, 1.54) is 6.07 Å². The van der Waals surface area contributed by atoms with E-state index in [0.29, 0.717) is 60.0 Å². The molecule has 184 valence electrons. The van der Waals surface area contributed by atoms with E-state index in [-0.39, 0.29) is 11.8 Å². The predicted octanol–water partition coefficient (Wildman–Crippen LogP) is 5.38. The Morgan fingerprint density at radius 2 is 2.03 bits per heavy atom. The maximum absolute atomic E-state index is 13.2. The minimum Gasteiger partial charge on any atom is -0.493 e. The molecule has 0 saturated heterocycles. The van der Waals surface area contributed by atoms with E-state index in [9.17, 15) is 18.0 Å². The molecule has 0 bridgehead atoms. The number of aromatic nitrogens is 3. The van der Waals surface area contributed by atoms with E-state index >= 15 is 0 Å². The molecule has 2 aromatic heterocycles. The van der Waals surface area contributed by atoms with Crippen LogP contribution >= 0.6 is 0 Å². The molecule has 0 saturated carbocycles. The molecule has 1 N–H and O–H groups in total. The Hall–Kier alpha value is -4.08. The minimum atomic E-state index is -4.41. The van der Waals surface area contributed by atoms with E-state index in [4.69, 9.17) is 9.47 Å². The van der Waals surface area contributed by atoms with Crippen LogP contribution in [0.3, 0.4) is 0 Å². The summed E-state index contributed by atoms with van der Waals surface area (Å²) in [4.78, 5) is 20.5. The average Bonchev–Trinajstić information content (AvgIpc) is 3.38. The fourth-order valence-corrected chi connectivity index (χ4v) is 4.79. The van der Waals surface area contributed by atoms with Crippen molar-refractivity contribution < 1.29 is 27.4 Å². The third-order valence-electron chi connectivity index (χ3n) is 6.69. The first-order valence-corrected chi connectivity index (χ1v) is 11.5. The number of nitrogens with zero attached hydrogens (tertiary/aromatic N) is 3. The van der Waals surface area contributed by atoms with E-state index in [0.717, 1.165) is 29.0 Å². The van der Waals surface area contributed by atoms with Crippen LogP contribution in [0.5, 0.6) is 17.2 Å². The second-order valence-corrected chi connectivity index (χ2v) is 8.99. The lowest BCUT2D eigenvalue weighted by atomic mass is 9.97. The Bertz CT molecular complexity index is 1510. The summed E-state index contributed by atoms with van der Waals surface area (Å²) in [5, 5.41) is 2.77. The molecule has 2 aromatic carbocycles. The molecule has 1 amide bonds. The summed E-state index contributed by atoms with van der Waals surface area (Å²) in [7, 11) is 1.73. The van der Waals surface area contributed by atoms with E-state index in [2.05, 4.69) is 15.3 Å². The van der Waals surface area contributed by atoms with Gasteiger partial charge in [0.05, 0.1) is 23.2 Å². The Morgan fingerprint density at radius 3 is 2.86 bits per heavy atom. The number of hydrogen-bond donors (Lipinski definition) is 1.